The highest BCUT2D eigenvalue weighted by Crippen LogP contribution is 2.23. The van der Waals surface area contributed by atoms with Crippen molar-refractivity contribution in [3.8, 4) is 6.07 Å². The van der Waals surface area contributed by atoms with Crippen molar-refractivity contribution >= 4 is 16.5 Å². The van der Waals surface area contributed by atoms with E-state index in [1.165, 1.54) is 0 Å². The Morgan fingerprint density at radius 2 is 2.06 bits per heavy atom. The monoisotopic (exact) mass is 223 g/mol. The predicted octanol–water partition coefficient (Wildman–Crippen LogP) is 2.66. The molecular formula is C14H13N3. The molecule has 0 atom stereocenters. The fraction of sp³-hybridized carbons (Fsp3) is 0.143. The number of rotatable bonds is 2. The Labute approximate surface area is 101 Å². The van der Waals surface area contributed by atoms with Gasteiger partial charge in [0.2, 0.25) is 0 Å². The normalized spacial score (nSPS) is 11.2. The molecule has 0 fully saturated rings. The number of allylic oxidation sites excluding steroid dienone is 1. The molecule has 0 spiro atoms. The predicted molar refractivity (Wildman–Crippen MR) is 69.0 cm³/mol. The first-order chi connectivity index (χ1) is 8.22. The van der Waals surface area contributed by atoms with Gasteiger partial charge in [0.15, 0.2) is 0 Å². The van der Waals surface area contributed by atoms with Crippen molar-refractivity contribution in [1.82, 2.24) is 9.88 Å². The molecule has 2 rings (SSSR count). The molecule has 0 aliphatic carbocycles. The number of para-hydroxylation sites is 1. The van der Waals surface area contributed by atoms with E-state index in [4.69, 9.17) is 0 Å². The Morgan fingerprint density at radius 1 is 1.29 bits per heavy atom. The van der Waals surface area contributed by atoms with Gasteiger partial charge in [0.25, 0.3) is 0 Å². The van der Waals surface area contributed by atoms with E-state index in [9.17, 15) is 5.26 Å². The van der Waals surface area contributed by atoms with Crippen LogP contribution in [0.4, 0.5) is 0 Å². The average molecular weight is 223 g/mol. The topological polar surface area (TPSA) is 39.9 Å². The minimum absolute atomic E-state index is 0.647. The van der Waals surface area contributed by atoms with Crippen molar-refractivity contribution in [3.05, 3.63) is 48.3 Å². The van der Waals surface area contributed by atoms with Gasteiger partial charge < -0.3 is 4.90 Å². The van der Waals surface area contributed by atoms with E-state index in [1.807, 2.05) is 55.5 Å². The van der Waals surface area contributed by atoms with Gasteiger partial charge in [0.1, 0.15) is 6.07 Å². The Bertz CT molecular complexity index is 601. The van der Waals surface area contributed by atoms with E-state index in [0.717, 1.165) is 16.5 Å². The molecule has 0 aliphatic heterocycles. The van der Waals surface area contributed by atoms with Crippen LogP contribution in [-0.4, -0.2) is 24.0 Å². The quantitative estimate of drug-likeness (QED) is 0.735. The van der Waals surface area contributed by atoms with Crippen LogP contribution in [0.5, 0.6) is 0 Å². The summed E-state index contributed by atoms with van der Waals surface area (Å²) in [6.45, 7) is 0. The highest BCUT2D eigenvalue weighted by molar-refractivity contribution is 5.94. The van der Waals surface area contributed by atoms with Crippen molar-refractivity contribution in [1.29, 1.82) is 5.26 Å². The van der Waals surface area contributed by atoms with Crippen LogP contribution in [0, 0.1) is 11.3 Å². The smallest absolute Gasteiger partial charge is 0.101 e. The first-order valence-corrected chi connectivity index (χ1v) is 5.35. The molecule has 0 saturated carbocycles. The van der Waals surface area contributed by atoms with Crippen LogP contribution in [0.15, 0.2) is 42.7 Å². The molecule has 0 N–H and O–H groups in total. The fourth-order valence-corrected chi connectivity index (χ4v) is 1.75. The maximum Gasteiger partial charge on any atom is 0.101 e. The van der Waals surface area contributed by atoms with Crippen molar-refractivity contribution in [2.75, 3.05) is 14.1 Å². The number of nitrogens with zero attached hydrogens (tertiary/aromatic N) is 3. The van der Waals surface area contributed by atoms with Gasteiger partial charge in [0.05, 0.1) is 11.1 Å². The van der Waals surface area contributed by atoms with Crippen LogP contribution in [0.25, 0.3) is 16.5 Å². The van der Waals surface area contributed by atoms with Crippen LogP contribution in [0.1, 0.15) is 5.56 Å². The summed E-state index contributed by atoms with van der Waals surface area (Å²) in [6.07, 6.45) is 3.56. The minimum Gasteiger partial charge on any atom is -0.382 e. The lowest BCUT2D eigenvalue weighted by atomic mass is 10.0. The van der Waals surface area contributed by atoms with Gasteiger partial charge in [0, 0.05) is 37.4 Å². The van der Waals surface area contributed by atoms with Crippen molar-refractivity contribution in [2.45, 2.75) is 0 Å². The summed E-state index contributed by atoms with van der Waals surface area (Å²) in [5.41, 5.74) is 2.48. The zero-order valence-electron chi connectivity index (χ0n) is 9.88. The van der Waals surface area contributed by atoms with Crippen LogP contribution >= 0.6 is 0 Å². The number of aromatic nitrogens is 1. The number of fused-ring (bicyclic) bond motifs is 1. The van der Waals surface area contributed by atoms with E-state index in [0.29, 0.717) is 5.57 Å². The molecule has 2 aromatic rings. The molecular weight excluding hydrogens is 210 g/mol. The lowest BCUT2D eigenvalue weighted by molar-refractivity contribution is 0.566. The fourth-order valence-electron chi connectivity index (χ4n) is 1.75. The van der Waals surface area contributed by atoms with Crippen LogP contribution in [-0.2, 0) is 0 Å². The zero-order chi connectivity index (χ0) is 12.3. The van der Waals surface area contributed by atoms with Gasteiger partial charge in [-0.15, -0.1) is 0 Å². The Kier molecular flexibility index (Phi) is 3.06. The molecule has 0 radical (unpaired) electrons. The average Bonchev–Trinajstić information content (AvgIpc) is 2.35. The molecule has 3 heteroatoms. The van der Waals surface area contributed by atoms with Gasteiger partial charge in [-0.05, 0) is 12.1 Å². The second-order valence-electron chi connectivity index (χ2n) is 3.99. The number of pyridine rings is 1. The van der Waals surface area contributed by atoms with Crippen molar-refractivity contribution in [3.63, 3.8) is 0 Å². The van der Waals surface area contributed by atoms with Gasteiger partial charge in [-0.3, -0.25) is 4.98 Å². The van der Waals surface area contributed by atoms with E-state index in [2.05, 4.69) is 11.1 Å². The highest BCUT2D eigenvalue weighted by atomic mass is 15.0. The maximum absolute atomic E-state index is 9.22. The summed E-state index contributed by atoms with van der Waals surface area (Å²) in [4.78, 5) is 6.16. The molecule has 0 aliphatic rings. The van der Waals surface area contributed by atoms with E-state index >= 15 is 0 Å². The molecule has 3 nitrogen and oxygen atoms in total. The third-order valence-electron chi connectivity index (χ3n) is 2.45. The van der Waals surface area contributed by atoms with Crippen molar-refractivity contribution < 1.29 is 0 Å². The molecule has 1 aromatic heterocycles. The molecule has 0 saturated heterocycles. The molecule has 1 heterocycles. The van der Waals surface area contributed by atoms with E-state index in [-0.39, 0.29) is 0 Å². The summed E-state index contributed by atoms with van der Waals surface area (Å²) in [6, 6.07) is 11.9. The molecule has 1 aromatic carbocycles. The van der Waals surface area contributed by atoms with E-state index in [1.54, 1.807) is 6.20 Å². The van der Waals surface area contributed by atoms with Gasteiger partial charge in [-0.2, -0.15) is 5.26 Å². The van der Waals surface area contributed by atoms with Gasteiger partial charge >= 0.3 is 0 Å². The largest absolute Gasteiger partial charge is 0.382 e. The van der Waals surface area contributed by atoms with Gasteiger partial charge in [-0.25, -0.2) is 0 Å². The zero-order valence-corrected chi connectivity index (χ0v) is 9.88. The second-order valence-corrected chi connectivity index (χ2v) is 3.99. The first kappa shape index (κ1) is 11.2. The standard InChI is InChI=1S/C14H13N3/c1-17(2)10-11(9-15)12-7-8-16-14-6-4-3-5-13(12)14/h3-8,10H,1-2H3. The highest BCUT2D eigenvalue weighted by Gasteiger charge is 2.06. The summed E-state index contributed by atoms with van der Waals surface area (Å²) >= 11 is 0. The lowest BCUT2D eigenvalue weighted by Crippen LogP contribution is -2.02. The van der Waals surface area contributed by atoms with Crippen LogP contribution < -0.4 is 0 Å². The molecule has 17 heavy (non-hydrogen) atoms. The van der Waals surface area contributed by atoms with Crippen molar-refractivity contribution in [2.24, 2.45) is 0 Å². The SMILES string of the molecule is CN(C)C=C(C#N)c1ccnc2ccccc12. The molecule has 0 bridgehead atoms. The molecule has 0 unspecified atom stereocenters. The third kappa shape index (κ3) is 2.26. The third-order valence-corrected chi connectivity index (χ3v) is 2.45. The summed E-state index contributed by atoms with van der Waals surface area (Å²) < 4.78 is 0. The maximum atomic E-state index is 9.22. The number of hydrogen-bond donors (Lipinski definition) is 0. The Balaban J connectivity index is 2.67. The number of hydrogen-bond acceptors (Lipinski definition) is 3. The summed E-state index contributed by atoms with van der Waals surface area (Å²) in [5.74, 6) is 0. The number of nitriles is 1. The molecule has 0 amide bonds. The van der Waals surface area contributed by atoms with Crippen LogP contribution in [0.2, 0.25) is 0 Å². The molecule has 84 valence electrons. The lowest BCUT2D eigenvalue weighted by Gasteiger charge is -2.08. The Morgan fingerprint density at radius 3 is 2.76 bits per heavy atom. The Hall–Kier alpha value is -2.34. The first-order valence-electron chi connectivity index (χ1n) is 5.35. The summed E-state index contributed by atoms with van der Waals surface area (Å²) in [7, 11) is 3.81. The second kappa shape index (κ2) is 4.67. The van der Waals surface area contributed by atoms with Crippen LogP contribution in [0.3, 0.4) is 0 Å². The summed E-state index contributed by atoms with van der Waals surface area (Å²) in [5, 5.41) is 10.2. The number of benzene rings is 1. The minimum atomic E-state index is 0.647. The van der Waals surface area contributed by atoms with Gasteiger partial charge in [-0.1, -0.05) is 18.2 Å². The van der Waals surface area contributed by atoms with E-state index < -0.39 is 0 Å².